The summed E-state index contributed by atoms with van der Waals surface area (Å²) in [6.45, 7) is 6.16. The van der Waals surface area contributed by atoms with E-state index < -0.39 is 27.7 Å². The molecule has 1 aliphatic rings. The number of piperidine rings is 1. The van der Waals surface area contributed by atoms with E-state index in [-0.39, 0.29) is 12.6 Å². The topological polar surface area (TPSA) is 95.6 Å². The highest BCUT2D eigenvalue weighted by molar-refractivity contribution is 7.89. The molecule has 0 aliphatic carbocycles. The molecule has 0 bridgehead atoms. The van der Waals surface area contributed by atoms with Gasteiger partial charge in [-0.05, 0) is 75.4 Å². The summed E-state index contributed by atoms with van der Waals surface area (Å²) >= 11 is 0. The van der Waals surface area contributed by atoms with E-state index in [9.17, 15) is 22.4 Å². The van der Waals surface area contributed by atoms with Crippen LogP contribution in [0.2, 0.25) is 0 Å². The number of nitrogens with zero attached hydrogens (tertiary/aromatic N) is 1. The van der Waals surface area contributed by atoms with Crippen LogP contribution in [0, 0.1) is 26.6 Å². The molecule has 2 N–H and O–H groups in total. The second-order valence-corrected chi connectivity index (χ2v) is 10.3. The quantitative estimate of drug-likeness (QED) is 0.626. The van der Waals surface area contributed by atoms with Crippen molar-refractivity contribution in [2.45, 2.75) is 57.4 Å². The van der Waals surface area contributed by atoms with Crippen LogP contribution in [0.1, 0.15) is 42.4 Å². The molecule has 2 aromatic carbocycles. The van der Waals surface area contributed by atoms with E-state index in [1.807, 2.05) is 32.9 Å². The van der Waals surface area contributed by atoms with E-state index in [0.717, 1.165) is 29.5 Å². The van der Waals surface area contributed by atoms with Gasteiger partial charge < -0.3 is 10.6 Å². The maximum atomic E-state index is 13.5. The highest BCUT2D eigenvalue weighted by Gasteiger charge is 2.35. The molecule has 0 radical (unpaired) electrons. The number of sulfonamides is 1. The molecule has 178 valence electrons. The van der Waals surface area contributed by atoms with Crippen molar-refractivity contribution in [2.24, 2.45) is 0 Å². The van der Waals surface area contributed by atoms with Crippen LogP contribution >= 0.6 is 0 Å². The highest BCUT2D eigenvalue weighted by Crippen LogP contribution is 2.31. The van der Waals surface area contributed by atoms with Gasteiger partial charge in [0.05, 0.1) is 4.90 Å². The third-order valence-electron chi connectivity index (χ3n) is 5.82. The number of rotatable bonds is 6. The van der Waals surface area contributed by atoms with Gasteiger partial charge in [0.25, 0.3) is 0 Å². The molecule has 1 aliphatic heterocycles. The van der Waals surface area contributed by atoms with Gasteiger partial charge in [-0.15, -0.1) is 0 Å². The molecule has 1 saturated heterocycles. The summed E-state index contributed by atoms with van der Waals surface area (Å²) in [6.07, 6.45) is 2.78. The molecule has 1 fully saturated rings. The molecule has 7 nitrogen and oxygen atoms in total. The summed E-state index contributed by atoms with van der Waals surface area (Å²) in [5.41, 5.74) is 2.77. The number of carbonyl (C=O) groups is 2. The zero-order valence-corrected chi connectivity index (χ0v) is 20.0. The largest absolute Gasteiger partial charge is 0.348 e. The number of carbonyl (C=O) groups excluding carboxylic acids is 2. The number of amides is 2. The van der Waals surface area contributed by atoms with Gasteiger partial charge in [-0.2, -0.15) is 4.31 Å². The molecule has 0 unspecified atom stereocenters. The lowest BCUT2D eigenvalue weighted by molar-refractivity contribution is -0.136. The standard InChI is InChI=1S/C24H30FN3O4S/c1-16-14-17(2)22(18(3)15-16)33(31,32)28-13-5-4-6-21(28)11-12-26-23(29)24(30)27-20-9-7-19(25)8-10-20/h7-10,14-15,21H,4-6,11-13H2,1-3H3,(H,26,29)(H,27,30)/t21-/m1/s1. The van der Waals surface area contributed by atoms with Crippen molar-refractivity contribution >= 4 is 27.5 Å². The first-order valence-corrected chi connectivity index (χ1v) is 12.5. The average molecular weight is 476 g/mol. The molecular weight excluding hydrogens is 445 g/mol. The van der Waals surface area contributed by atoms with Crippen LogP contribution in [0.25, 0.3) is 0 Å². The summed E-state index contributed by atoms with van der Waals surface area (Å²) in [6, 6.07) is 8.58. The van der Waals surface area contributed by atoms with E-state index >= 15 is 0 Å². The number of nitrogens with one attached hydrogen (secondary N) is 2. The molecule has 2 aromatic rings. The van der Waals surface area contributed by atoms with Gasteiger partial charge in [-0.3, -0.25) is 9.59 Å². The lowest BCUT2D eigenvalue weighted by atomic mass is 10.0. The average Bonchev–Trinajstić information content (AvgIpc) is 2.74. The lowest BCUT2D eigenvalue weighted by Crippen LogP contribution is -2.46. The molecule has 3 rings (SSSR count). The number of aryl methyl sites for hydroxylation is 3. The van der Waals surface area contributed by atoms with Crippen LogP contribution in [0.15, 0.2) is 41.3 Å². The van der Waals surface area contributed by atoms with Crippen LogP contribution in [-0.4, -0.2) is 43.7 Å². The molecule has 1 heterocycles. The van der Waals surface area contributed by atoms with Gasteiger partial charge in [0.2, 0.25) is 10.0 Å². The van der Waals surface area contributed by atoms with Crippen molar-refractivity contribution in [3.05, 3.63) is 58.9 Å². The van der Waals surface area contributed by atoms with Crippen molar-refractivity contribution in [3.63, 3.8) is 0 Å². The van der Waals surface area contributed by atoms with Gasteiger partial charge in [0.1, 0.15) is 5.82 Å². The zero-order chi connectivity index (χ0) is 24.2. The fourth-order valence-corrected chi connectivity index (χ4v) is 6.56. The number of benzene rings is 2. The van der Waals surface area contributed by atoms with Gasteiger partial charge in [-0.1, -0.05) is 24.1 Å². The third kappa shape index (κ3) is 5.97. The Morgan fingerprint density at radius 1 is 1.03 bits per heavy atom. The predicted molar refractivity (Wildman–Crippen MR) is 125 cm³/mol. The zero-order valence-electron chi connectivity index (χ0n) is 19.2. The van der Waals surface area contributed by atoms with Crippen LogP contribution < -0.4 is 10.6 Å². The summed E-state index contributed by atoms with van der Waals surface area (Å²) in [4.78, 5) is 24.6. The fraction of sp³-hybridized carbons (Fsp3) is 0.417. The van der Waals surface area contributed by atoms with Crippen molar-refractivity contribution in [3.8, 4) is 0 Å². The van der Waals surface area contributed by atoms with Gasteiger partial charge >= 0.3 is 11.8 Å². The smallest absolute Gasteiger partial charge is 0.313 e. The van der Waals surface area contributed by atoms with Gasteiger partial charge in [0.15, 0.2) is 0 Å². The number of hydrogen-bond acceptors (Lipinski definition) is 4. The first-order chi connectivity index (χ1) is 15.6. The van der Waals surface area contributed by atoms with Crippen LogP contribution in [0.4, 0.5) is 10.1 Å². The summed E-state index contributed by atoms with van der Waals surface area (Å²) in [5.74, 6) is -2.13. The van der Waals surface area contributed by atoms with Crippen LogP contribution in [0.3, 0.4) is 0 Å². The minimum atomic E-state index is -3.69. The number of anilines is 1. The number of halogens is 1. The Balaban J connectivity index is 1.63. The maximum absolute atomic E-state index is 13.5. The van der Waals surface area contributed by atoms with E-state index in [1.54, 1.807) is 4.31 Å². The van der Waals surface area contributed by atoms with E-state index in [0.29, 0.717) is 30.0 Å². The molecule has 0 aromatic heterocycles. The highest BCUT2D eigenvalue weighted by atomic mass is 32.2. The summed E-state index contributed by atoms with van der Waals surface area (Å²) in [7, 11) is -3.69. The minimum Gasteiger partial charge on any atom is -0.348 e. The normalized spacial score (nSPS) is 16.9. The van der Waals surface area contributed by atoms with E-state index in [2.05, 4.69) is 10.6 Å². The maximum Gasteiger partial charge on any atom is 0.313 e. The monoisotopic (exact) mass is 475 g/mol. The summed E-state index contributed by atoms with van der Waals surface area (Å²) < 4.78 is 41.6. The first-order valence-electron chi connectivity index (χ1n) is 11.0. The van der Waals surface area contributed by atoms with Crippen molar-refractivity contribution < 1.29 is 22.4 Å². The molecule has 9 heteroatoms. The fourth-order valence-electron chi connectivity index (χ4n) is 4.42. The van der Waals surface area contributed by atoms with Crippen LogP contribution in [-0.2, 0) is 19.6 Å². The summed E-state index contributed by atoms with van der Waals surface area (Å²) in [5, 5.41) is 4.96. The Morgan fingerprint density at radius 2 is 1.67 bits per heavy atom. The molecule has 0 spiro atoms. The lowest BCUT2D eigenvalue weighted by Gasteiger charge is -2.35. The third-order valence-corrected chi connectivity index (χ3v) is 8.07. The van der Waals surface area contributed by atoms with Crippen molar-refractivity contribution in [1.29, 1.82) is 0 Å². The van der Waals surface area contributed by atoms with Crippen molar-refractivity contribution in [1.82, 2.24) is 9.62 Å². The Hall–Kier alpha value is -2.78. The van der Waals surface area contributed by atoms with Gasteiger partial charge in [0, 0.05) is 24.8 Å². The Kier molecular flexibility index (Phi) is 7.86. The van der Waals surface area contributed by atoms with E-state index in [4.69, 9.17) is 0 Å². The second-order valence-electron chi connectivity index (χ2n) is 8.50. The van der Waals surface area contributed by atoms with Gasteiger partial charge in [-0.25, -0.2) is 12.8 Å². The van der Waals surface area contributed by atoms with Crippen LogP contribution in [0.5, 0.6) is 0 Å². The SMILES string of the molecule is Cc1cc(C)c(S(=O)(=O)N2CCCC[C@@H]2CCNC(=O)C(=O)Nc2ccc(F)cc2)c(C)c1. The van der Waals surface area contributed by atoms with E-state index in [1.165, 1.54) is 24.3 Å². The molecule has 33 heavy (non-hydrogen) atoms. The number of hydrogen-bond donors (Lipinski definition) is 2. The molecule has 0 saturated carbocycles. The Bertz CT molecular complexity index is 1110. The first kappa shape index (κ1) is 24.9. The Morgan fingerprint density at radius 3 is 2.30 bits per heavy atom. The second kappa shape index (κ2) is 10.4. The molecular formula is C24H30FN3O4S. The molecule has 2 amide bonds. The minimum absolute atomic E-state index is 0.165. The molecule has 1 atom stereocenters. The van der Waals surface area contributed by atoms with Crippen molar-refractivity contribution in [2.75, 3.05) is 18.4 Å². The predicted octanol–water partition coefficient (Wildman–Crippen LogP) is 3.44. The Labute approximate surface area is 194 Å².